The molecule has 4 rings (SSSR count). The molecule has 8 heteroatoms. The average molecular weight is 516 g/mol. The molecule has 1 aliphatic heterocycles. The SMILES string of the molecule is NC(=O)C[C@@H](NC(=O)OCc1ccccc1)C(=O)NC(Cc1ccccc1)C1OC1CCc1ccccc1. The fraction of sp³-hybridized carbons (Fsp3) is 0.300. The van der Waals surface area contributed by atoms with E-state index in [4.69, 9.17) is 15.2 Å². The molecule has 1 heterocycles. The maximum Gasteiger partial charge on any atom is 0.408 e. The number of aryl methyl sites for hydroxylation is 1. The summed E-state index contributed by atoms with van der Waals surface area (Å²) in [5.41, 5.74) is 8.45. The van der Waals surface area contributed by atoms with Gasteiger partial charge in [-0.15, -0.1) is 0 Å². The standard InChI is InChI=1S/C30H33N3O5/c31-27(34)19-25(33-30(36)37-20-23-14-8-3-9-15-23)29(35)32-24(18-22-12-6-2-7-13-22)28-26(38-28)17-16-21-10-4-1-5-11-21/h1-15,24-26,28H,16-20H2,(H2,31,34)(H,32,35)(H,33,36)/t24?,25-,26?,28?/m1/s1. The number of benzene rings is 3. The van der Waals surface area contributed by atoms with Crippen LogP contribution in [0.1, 0.15) is 29.5 Å². The molecular formula is C30H33N3O5. The van der Waals surface area contributed by atoms with E-state index < -0.39 is 23.9 Å². The van der Waals surface area contributed by atoms with E-state index in [-0.39, 0.29) is 31.3 Å². The van der Waals surface area contributed by atoms with E-state index in [9.17, 15) is 14.4 Å². The number of primary amides is 1. The fourth-order valence-electron chi connectivity index (χ4n) is 4.41. The van der Waals surface area contributed by atoms with Crippen LogP contribution >= 0.6 is 0 Å². The highest BCUT2D eigenvalue weighted by molar-refractivity contribution is 5.90. The van der Waals surface area contributed by atoms with Gasteiger partial charge in [-0.05, 0) is 36.0 Å². The van der Waals surface area contributed by atoms with Crippen LogP contribution in [-0.4, -0.2) is 42.2 Å². The van der Waals surface area contributed by atoms with Crippen molar-refractivity contribution in [3.63, 3.8) is 0 Å². The first-order valence-electron chi connectivity index (χ1n) is 12.8. The van der Waals surface area contributed by atoms with E-state index in [1.807, 2.05) is 78.9 Å². The Kier molecular flexibility index (Phi) is 9.48. The van der Waals surface area contributed by atoms with Gasteiger partial charge in [0.25, 0.3) is 0 Å². The molecular weight excluding hydrogens is 482 g/mol. The number of nitrogens with one attached hydrogen (secondary N) is 2. The molecule has 38 heavy (non-hydrogen) atoms. The van der Waals surface area contributed by atoms with Gasteiger partial charge in [0.1, 0.15) is 18.8 Å². The first kappa shape index (κ1) is 26.9. The summed E-state index contributed by atoms with van der Waals surface area (Å²) in [7, 11) is 0. The molecule has 0 radical (unpaired) electrons. The molecule has 4 N–H and O–H groups in total. The van der Waals surface area contributed by atoms with E-state index in [1.165, 1.54) is 5.56 Å². The topological polar surface area (TPSA) is 123 Å². The molecule has 1 aliphatic rings. The van der Waals surface area contributed by atoms with E-state index in [1.54, 1.807) is 0 Å². The zero-order chi connectivity index (χ0) is 26.7. The predicted octanol–water partition coefficient (Wildman–Crippen LogP) is 3.28. The number of carbonyl (C=O) groups excluding carboxylic acids is 3. The Hall–Kier alpha value is -4.17. The Labute approximate surface area is 222 Å². The molecule has 0 saturated carbocycles. The monoisotopic (exact) mass is 515 g/mol. The molecule has 3 aromatic carbocycles. The maximum atomic E-state index is 13.3. The van der Waals surface area contributed by atoms with Gasteiger partial charge in [0.2, 0.25) is 11.8 Å². The number of rotatable bonds is 13. The van der Waals surface area contributed by atoms with E-state index in [0.717, 1.165) is 24.0 Å². The van der Waals surface area contributed by atoms with Crippen LogP contribution < -0.4 is 16.4 Å². The third kappa shape index (κ3) is 8.45. The van der Waals surface area contributed by atoms with Crippen LogP contribution in [0.3, 0.4) is 0 Å². The van der Waals surface area contributed by atoms with E-state index in [2.05, 4.69) is 22.8 Å². The van der Waals surface area contributed by atoms with Crippen LogP contribution in [0.25, 0.3) is 0 Å². The Morgan fingerprint density at radius 2 is 1.39 bits per heavy atom. The summed E-state index contributed by atoms with van der Waals surface area (Å²) >= 11 is 0. The molecule has 8 nitrogen and oxygen atoms in total. The fourth-order valence-corrected chi connectivity index (χ4v) is 4.41. The smallest absolute Gasteiger partial charge is 0.408 e. The summed E-state index contributed by atoms with van der Waals surface area (Å²) in [6.07, 6.45) is 0.897. The maximum absolute atomic E-state index is 13.3. The number of nitrogens with two attached hydrogens (primary N) is 1. The van der Waals surface area contributed by atoms with Crippen LogP contribution in [0.5, 0.6) is 0 Å². The Morgan fingerprint density at radius 1 is 0.816 bits per heavy atom. The highest BCUT2D eigenvalue weighted by atomic mass is 16.6. The average Bonchev–Trinajstić information content (AvgIpc) is 3.71. The minimum atomic E-state index is -1.17. The van der Waals surface area contributed by atoms with Gasteiger partial charge in [-0.2, -0.15) is 0 Å². The highest BCUT2D eigenvalue weighted by Gasteiger charge is 2.45. The van der Waals surface area contributed by atoms with E-state index >= 15 is 0 Å². The second kappa shape index (κ2) is 13.4. The number of hydrogen-bond acceptors (Lipinski definition) is 5. The third-order valence-corrected chi connectivity index (χ3v) is 6.43. The Morgan fingerprint density at radius 3 is 2.00 bits per heavy atom. The first-order valence-corrected chi connectivity index (χ1v) is 12.8. The summed E-state index contributed by atoms with van der Waals surface area (Å²) in [4.78, 5) is 37.4. The van der Waals surface area contributed by atoms with Gasteiger partial charge in [-0.3, -0.25) is 9.59 Å². The lowest BCUT2D eigenvalue weighted by molar-refractivity contribution is -0.127. The lowest BCUT2D eigenvalue weighted by atomic mass is 9.98. The van der Waals surface area contributed by atoms with Gasteiger partial charge >= 0.3 is 6.09 Å². The van der Waals surface area contributed by atoms with Crippen LogP contribution in [0, 0.1) is 0 Å². The number of amides is 3. The van der Waals surface area contributed by atoms with Gasteiger partial charge in [0.05, 0.1) is 18.6 Å². The van der Waals surface area contributed by atoms with Crippen molar-refractivity contribution in [3.8, 4) is 0 Å². The van der Waals surface area contributed by atoms with Crippen LogP contribution in [0.2, 0.25) is 0 Å². The van der Waals surface area contributed by atoms with Gasteiger partial charge in [0.15, 0.2) is 0 Å². The summed E-state index contributed by atoms with van der Waals surface area (Å²) in [6, 6.07) is 27.6. The lowest BCUT2D eigenvalue weighted by Gasteiger charge is -2.22. The van der Waals surface area contributed by atoms with E-state index in [0.29, 0.717) is 6.42 Å². The first-order chi connectivity index (χ1) is 18.5. The van der Waals surface area contributed by atoms with Crippen molar-refractivity contribution in [1.82, 2.24) is 10.6 Å². The Bertz CT molecular complexity index is 1190. The van der Waals surface area contributed by atoms with Crippen LogP contribution in [0.4, 0.5) is 4.79 Å². The molecule has 0 aromatic heterocycles. The zero-order valence-electron chi connectivity index (χ0n) is 21.1. The normalized spacial score (nSPS) is 17.6. The number of alkyl carbamates (subject to hydrolysis) is 1. The molecule has 0 aliphatic carbocycles. The zero-order valence-corrected chi connectivity index (χ0v) is 21.1. The van der Waals surface area contributed by atoms with Crippen molar-refractivity contribution in [2.45, 2.75) is 56.6 Å². The molecule has 1 fully saturated rings. The molecule has 3 aromatic rings. The quantitative estimate of drug-likeness (QED) is 0.302. The van der Waals surface area contributed by atoms with Crippen LogP contribution in [0.15, 0.2) is 91.0 Å². The largest absolute Gasteiger partial charge is 0.445 e. The van der Waals surface area contributed by atoms with Crippen molar-refractivity contribution in [2.24, 2.45) is 5.73 Å². The Balaban J connectivity index is 1.38. The predicted molar refractivity (Wildman–Crippen MR) is 143 cm³/mol. The number of epoxide rings is 1. The molecule has 3 unspecified atom stereocenters. The van der Waals surface area contributed by atoms with Crippen LogP contribution in [-0.2, 0) is 38.5 Å². The second-order valence-electron chi connectivity index (χ2n) is 9.40. The minimum Gasteiger partial charge on any atom is -0.445 e. The van der Waals surface area contributed by atoms with Gasteiger partial charge in [-0.1, -0.05) is 91.0 Å². The van der Waals surface area contributed by atoms with Crippen molar-refractivity contribution in [3.05, 3.63) is 108 Å². The third-order valence-electron chi connectivity index (χ3n) is 6.43. The number of hydrogen-bond donors (Lipinski definition) is 3. The van der Waals surface area contributed by atoms with Crippen molar-refractivity contribution < 1.29 is 23.9 Å². The van der Waals surface area contributed by atoms with Crippen molar-refractivity contribution >= 4 is 17.9 Å². The number of carbonyl (C=O) groups is 3. The molecule has 0 spiro atoms. The summed E-state index contributed by atoms with van der Waals surface area (Å²) in [5, 5.41) is 5.49. The van der Waals surface area contributed by atoms with Crippen molar-refractivity contribution in [1.29, 1.82) is 0 Å². The second-order valence-corrected chi connectivity index (χ2v) is 9.40. The molecule has 3 amide bonds. The van der Waals surface area contributed by atoms with Gasteiger partial charge in [-0.25, -0.2) is 4.79 Å². The lowest BCUT2D eigenvalue weighted by Crippen LogP contribution is -2.53. The molecule has 0 bridgehead atoms. The summed E-state index contributed by atoms with van der Waals surface area (Å²) < 4.78 is 11.2. The molecule has 1 saturated heterocycles. The molecule has 198 valence electrons. The molecule has 4 atom stereocenters. The van der Waals surface area contributed by atoms with Crippen molar-refractivity contribution in [2.75, 3.05) is 0 Å². The van der Waals surface area contributed by atoms with Gasteiger partial charge < -0.3 is 25.8 Å². The van der Waals surface area contributed by atoms with Gasteiger partial charge in [0, 0.05) is 0 Å². The number of ether oxygens (including phenoxy) is 2. The minimum absolute atomic E-state index is 0.00241. The summed E-state index contributed by atoms with van der Waals surface area (Å²) in [6.45, 7) is 0.0349. The summed E-state index contributed by atoms with van der Waals surface area (Å²) in [5.74, 6) is -1.23. The highest BCUT2D eigenvalue weighted by Crippen LogP contribution is 2.31.